The summed E-state index contributed by atoms with van der Waals surface area (Å²) in [6.45, 7) is 6.12. The Bertz CT molecular complexity index is 1410. The van der Waals surface area contributed by atoms with Crippen molar-refractivity contribution in [3.8, 4) is 0 Å². The van der Waals surface area contributed by atoms with E-state index in [-0.39, 0.29) is 19.3 Å². The molecule has 0 aromatic heterocycles. The Morgan fingerprint density at radius 3 is 1.76 bits per heavy atom. The van der Waals surface area contributed by atoms with Crippen molar-refractivity contribution in [2.24, 2.45) is 0 Å². The lowest BCUT2D eigenvalue weighted by atomic mass is 9.69. The third-order valence-electron chi connectivity index (χ3n) is 9.93. The van der Waals surface area contributed by atoms with Gasteiger partial charge in [-0.15, -0.1) is 0 Å². The monoisotopic (exact) mass is 712 g/mol. The second-order valence-corrected chi connectivity index (χ2v) is 14.4. The number of rotatable bonds is 15. The Morgan fingerprint density at radius 2 is 1.30 bits per heavy atom. The molecule has 2 aromatic carbocycles. The number of ether oxygens (including phenoxy) is 3. The third kappa shape index (κ3) is 10.0. The number of hydrogen-bond acceptors (Lipinski definition) is 10. The quantitative estimate of drug-likeness (QED) is 0.0592. The number of cyclic esters (lactones) is 2. The number of benzene rings is 2. The Kier molecular flexibility index (Phi) is 12.6. The van der Waals surface area contributed by atoms with Crippen LogP contribution in [0.5, 0.6) is 0 Å². The summed E-state index contributed by atoms with van der Waals surface area (Å²) >= 11 is 5.54. The summed E-state index contributed by atoms with van der Waals surface area (Å²) in [5.41, 5.74) is -1.27. The molecule has 2 aromatic rings. The van der Waals surface area contributed by atoms with E-state index in [0.717, 1.165) is 11.1 Å². The van der Waals surface area contributed by atoms with Crippen molar-refractivity contribution in [3.63, 3.8) is 0 Å². The Balaban J connectivity index is 1.33. The summed E-state index contributed by atoms with van der Waals surface area (Å²) < 4.78 is 16.6. The average Bonchev–Trinajstić information content (AvgIpc) is 3.03. The van der Waals surface area contributed by atoms with Gasteiger partial charge in [0.15, 0.2) is 5.11 Å². The van der Waals surface area contributed by atoms with Crippen LogP contribution in [0, 0.1) is 0 Å². The van der Waals surface area contributed by atoms with E-state index >= 15 is 0 Å². The van der Waals surface area contributed by atoms with Crippen LogP contribution in [0.25, 0.3) is 0 Å². The van der Waals surface area contributed by atoms with Gasteiger partial charge in [-0.25, -0.2) is 0 Å². The summed E-state index contributed by atoms with van der Waals surface area (Å²) in [5.74, 6) is -5.07. The number of esters is 3. The first-order chi connectivity index (χ1) is 23.6. The molecule has 12 nitrogen and oxygen atoms in total. The lowest BCUT2D eigenvalue weighted by Crippen LogP contribution is -2.53. The molecule has 0 radical (unpaired) electrons. The summed E-state index contributed by atoms with van der Waals surface area (Å²) in [7, 11) is 0. The van der Waals surface area contributed by atoms with E-state index in [1.807, 2.05) is 74.5 Å². The number of carboxylic acid groups (broad SMARTS) is 1. The van der Waals surface area contributed by atoms with Crippen LogP contribution in [0.2, 0.25) is 0 Å². The molecular weight excluding hydrogens is 664 g/mol. The van der Waals surface area contributed by atoms with Crippen molar-refractivity contribution in [1.29, 1.82) is 0 Å². The van der Waals surface area contributed by atoms with E-state index in [0.29, 0.717) is 43.9 Å². The average molecular weight is 713 g/mol. The van der Waals surface area contributed by atoms with Gasteiger partial charge in [-0.05, 0) is 49.0 Å². The molecule has 0 bridgehead atoms. The fraction of sp³-hybridized carbons (Fsp3) is 0.541. The molecule has 50 heavy (non-hydrogen) atoms. The highest BCUT2D eigenvalue weighted by Gasteiger charge is 2.51. The van der Waals surface area contributed by atoms with E-state index in [4.69, 9.17) is 26.4 Å². The van der Waals surface area contributed by atoms with Crippen LogP contribution in [0.15, 0.2) is 60.7 Å². The van der Waals surface area contributed by atoms with Gasteiger partial charge in [0.2, 0.25) is 5.79 Å². The predicted octanol–water partition coefficient (Wildman–Crippen LogP) is 3.80. The van der Waals surface area contributed by atoms with E-state index in [1.165, 1.54) is 6.92 Å². The van der Waals surface area contributed by atoms with Crippen molar-refractivity contribution in [2.45, 2.75) is 113 Å². The highest BCUT2D eigenvalue weighted by Crippen LogP contribution is 2.43. The molecule has 2 saturated heterocycles. The molecule has 6 atom stereocenters. The topological polar surface area (TPSA) is 181 Å². The molecule has 0 aliphatic carbocycles. The number of aliphatic carboxylic acids is 1. The zero-order valence-corrected chi connectivity index (χ0v) is 29.6. The molecule has 4 rings (SSSR count). The van der Waals surface area contributed by atoms with Crippen molar-refractivity contribution < 1.29 is 48.7 Å². The lowest BCUT2D eigenvalue weighted by Gasteiger charge is -2.44. The van der Waals surface area contributed by atoms with Gasteiger partial charge < -0.3 is 40.2 Å². The smallest absolute Gasteiger partial charge is 0.312 e. The van der Waals surface area contributed by atoms with Crippen LogP contribution in [0.1, 0.15) is 89.7 Å². The molecule has 0 spiro atoms. The van der Waals surface area contributed by atoms with Crippen molar-refractivity contribution in [2.75, 3.05) is 13.1 Å². The maximum Gasteiger partial charge on any atom is 0.312 e. The zero-order chi connectivity index (χ0) is 36.6. The van der Waals surface area contributed by atoms with Crippen molar-refractivity contribution in [1.82, 2.24) is 10.6 Å². The summed E-state index contributed by atoms with van der Waals surface area (Å²) in [4.78, 5) is 48.2. The molecule has 6 unspecified atom stereocenters. The van der Waals surface area contributed by atoms with Crippen LogP contribution in [-0.4, -0.2) is 81.0 Å². The minimum Gasteiger partial charge on any atom is -0.481 e. The molecule has 5 N–H and O–H groups in total. The second kappa shape index (κ2) is 16.3. The first-order valence-electron chi connectivity index (χ1n) is 16.9. The zero-order valence-electron chi connectivity index (χ0n) is 28.8. The second-order valence-electron chi connectivity index (χ2n) is 14.0. The van der Waals surface area contributed by atoms with Crippen LogP contribution in [0.4, 0.5) is 0 Å². The van der Waals surface area contributed by atoms with E-state index < -0.39 is 71.1 Å². The van der Waals surface area contributed by atoms with E-state index in [2.05, 4.69) is 10.6 Å². The molecular formula is C37H48N2O10S. The minimum atomic E-state index is -1.94. The molecule has 0 amide bonds. The standard InChI is InChI=1S/C37H48N2O10S/c1-25(40)49-37(46)21-29(48-32(44)24-37)35(3,27-14-8-5-9-15-27)17-11-19-39-33(50)38-18-10-16-34(2,26-12-6-4-7-13-26)28-20-36(45,22-30(41)42)23-31(43)47-28/h4-9,12-15,28-29,45-46H,10-11,16-24H2,1-3H3,(H,41,42)(H2,38,39,50). The van der Waals surface area contributed by atoms with Gasteiger partial charge in [-0.1, -0.05) is 74.5 Å². The Hall–Kier alpha value is -4.07. The largest absolute Gasteiger partial charge is 0.481 e. The van der Waals surface area contributed by atoms with Gasteiger partial charge in [-0.3, -0.25) is 19.2 Å². The lowest BCUT2D eigenvalue weighted by molar-refractivity contribution is -0.245. The highest BCUT2D eigenvalue weighted by molar-refractivity contribution is 7.80. The number of carbonyl (C=O) groups excluding carboxylic acids is 3. The SMILES string of the molecule is CC(=O)OC1(O)CC(=O)OC(C(C)(CCCNC(=S)NCCCC(C)(c2ccccc2)C2CC(O)(CC(=O)O)CC(=O)O2)c2ccccc2)C1. The van der Waals surface area contributed by atoms with Gasteiger partial charge in [0.1, 0.15) is 18.6 Å². The number of nitrogens with one attached hydrogen (secondary N) is 2. The summed E-state index contributed by atoms with van der Waals surface area (Å²) in [6.07, 6.45) is -0.490. The molecule has 2 aliphatic rings. The normalized spacial score (nSPS) is 25.9. The minimum absolute atomic E-state index is 0.00876. The van der Waals surface area contributed by atoms with Gasteiger partial charge in [-0.2, -0.15) is 0 Å². The first kappa shape index (κ1) is 38.7. The fourth-order valence-electron chi connectivity index (χ4n) is 7.23. The maximum absolute atomic E-state index is 12.5. The number of thiocarbonyl (C=S) groups is 1. The molecule has 272 valence electrons. The Labute approximate surface area is 297 Å². The predicted molar refractivity (Wildman–Crippen MR) is 187 cm³/mol. The van der Waals surface area contributed by atoms with Crippen molar-refractivity contribution in [3.05, 3.63) is 71.8 Å². The van der Waals surface area contributed by atoms with Crippen LogP contribution >= 0.6 is 12.2 Å². The van der Waals surface area contributed by atoms with Gasteiger partial charge in [0, 0.05) is 37.3 Å². The first-order valence-corrected chi connectivity index (χ1v) is 17.3. The van der Waals surface area contributed by atoms with Gasteiger partial charge in [0.25, 0.3) is 0 Å². The van der Waals surface area contributed by atoms with Gasteiger partial charge in [0.05, 0.1) is 24.9 Å². The van der Waals surface area contributed by atoms with E-state index in [9.17, 15) is 34.5 Å². The molecule has 2 heterocycles. The molecule has 13 heteroatoms. The molecule has 2 fully saturated rings. The van der Waals surface area contributed by atoms with Crippen LogP contribution in [0.3, 0.4) is 0 Å². The number of hydrogen-bond donors (Lipinski definition) is 5. The van der Waals surface area contributed by atoms with E-state index in [1.54, 1.807) is 0 Å². The van der Waals surface area contributed by atoms with Gasteiger partial charge >= 0.3 is 23.9 Å². The summed E-state index contributed by atoms with van der Waals surface area (Å²) in [5, 5.41) is 38.2. The van der Waals surface area contributed by atoms with Crippen LogP contribution < -0.4 is 10.6 Å². The van der Waals surface area contributed by atoms with Crippen LogP contribution in [-0.2, 0) is 44.2 Å². The van der Waals surface area contributed by atoms with Crippen molar-refractivity contribution >= 4 is 41.2 Å². The maximum atomic E-state index is 12.5. The number of aliphatic hydroxyl groups is 2. The Morgan fingerprint density at radius 1 is 0.840 bits per heavy atom. The molecule has 2 aliphatic heterocycles. The fourth-order valence-corrected chi connectivity index (χ4v) is 7.43. The number of carboxylic acids is 1. The highest BCUT2D eigenvalue weighted by atomic mass is 32.1. The summed E-state index contributed by atoms with van der Waals surface area (Å²) in [6, 6.07) is 19.1. The number of carbonyl (C=O) groups is 4. The third-order valence-corrected chi connectivity index (χ3v) is 10.2. The molecule has 0 saturated carbocycles.